The Hall–Kier alpha value is -8.50. The lowest BCUT2D eigenvalue weighted by Crippen LogP contribution is -2.26. The highest BCUT2D eigenvalue weighted by Crippen LogP contribution is 2.28. The number of carboxylic acid groups (broad SMARTS) is 2. The molecule has 10 nitrogen and oxygen atoms in total. The molecule has 0 saturated heterocycles. The molecule has 6 aromatic carbocycles. The van der Waals surface area contributed by atoms with Gasteiger partial charge in [-0.2, -0.15) is 0 Å². The van der Waals surface area contributed by atoms with E-state index in [2.05, 4.69) is 91.9 Å². The van der Waals surface area contributed by atoms with Gasteiger partial charge in [0.25, 0.3) is 0 Å². The average Bonchev–Trinajstić information content (AvgIpc) is 4.08. The smallest absolute Gasteiger partial charge is 0.306 e. The number of rotatable bonds is 12. The Morgan fingerprint density at radius 2 is 0.765 bits per heavy atom. The van der Waals surface area contributed by atoms with Crippen LogP contribution in [0, 0.1) is 11.8 Å². The van der Waals surface area contributed by atoms with E-state index in [-0.39, 0.29) is 25.3 Å². The van der Waals surface area contributed by atoms with Crippen LogP contribution < -0.4 is 30.9 Å². The first-order valence-electron chi connectivity index (χ1n) is 23.8. The van der Waals surface area contributed by atoms with Crippen molar-refractivity contribution < 1.29 is 32.0 Å². The van der Waals surface area contributed by atoms with Gasteiger partial charge in [-0.1, -0.05) is 123 Å². The van der Waals surface area contributed by atoms with Crippen LogP contribution in [0.25, 0.3) is 78.8 Å². The number of carbonyl (C=O) groups is 2. The minimum atomic E-state index is -0.893. The second-order valence-corrected chi connectivity index (χ2v) is 17.4. The fourth-order valence-corrected chi connectivity index (χ4v) is 9.40. The summed E-state index contributed by atoms with van der Waals surface area (Å²) >= 11 is 0. The molecule has 4 N–H and O–H groups in total. The van der Waals surface area contributed by atoms with E-state index in [4.69, 9.17) is 9.47 Å². The SMILES string of the molecule is [2H]c1c(OCCC(C)C(=O)O)cccc1-n1c2c3ccccc3c1=Cc1[nH]c(c3ccccc13)C=c1c3ccccc3c(n1-c1cccc(OCCC(C)C(=O)O)c1[2H])=Cc1[nH]c(c3ccccc13)C=2. The number of hydrogen-bond donors (Lipinski definition) is 4. The number of H-pyrrole nitrogens is 2. The maximum atomic E-state index is 11.6. The number of aliphatic carboxylic acids is 2. The zero-order valence-electron chi connectivity index (χ0n) is 39.4. The normalized spacial score (nSPS) is 13.5. The van der Waals surface area contributed by atoms with E-state index in [0.29, 0.717) is 35.7 Å². The molecule has 1 aliphatic rings. The molecule has 1 aliphatic heterocycles. The molecule has 2 atom stereocenters. The lowest BCUT2D eigenvalue weighted by molar-refractivity contribution is -0.142. The average molecular weight is 899 g/mol. The van der Waals surface area contributed by atoms with Crippen molar-refractivity contribution in [3.63, 3.8) is 0 Å². The van der Waals surface area contributed by atoms with E-state index >= 15 is 0 Å². The molecule has 0 spiro atoms. The summed E-state index contributed by atoms with van der Waals surface area (Å²) in [5, 5.41) is 30.2. The molecule has 68 heavy (non-hydrogen) atoms. The molecule has 0 fully saturated rings. The summed E-state index contributed by atoms with van der Waals surface area (Å²) in [6.45, 7) is 3.59. The van der Waals surface area contributed by atoms with E-state index in [9.17, 15) is 22.5 Å². The summed E-state index contributed by atoms with van der Waals surface area (Å²) in [4.78, 5) is 30.9. The van der Waals surface area contributed by atoms with Gasteiger partial charge in [0.15, 0.2) is 0 Å². The first kappa shape index (κ1) is 39.8. The molecule has 5 heterocycles. The lowest BCUT2D eigenvalue weighted by atomic mass is 10.1. The summed E-state index contributed by atoms with van der Waals surface area (Å²) in [5.41, 5.74) is 4.57. The van der Waals surface area contributed by atoms with Crippen molar-refractivity contribution in [2.75, 3.05) is 13.2 Å². The summed E-state index contributed by atoms with van der Waals surface area (Å²) in [6, 6.07) is 44.5. The molecule has 11 rings (SSSR count). The Kier molecular flexibility index (Phi) is 10.2. The second kappa shape index (κ2) is 17.4. The maximum Gasteiger partial charge on any atom is 0.306 e. The molecule has 10 heteroatoms. The van der Waals surface area contributed by atoms with E-state index in [0.717, 1.165) is 87.3 Å². The first-order valence-corrected chi connectivity index (χ1v) is 22.8. The third kappa shape index (κ3) is 7.59. The van der Waals surface area contributed by atoms with Crippen LogP contribution in [0.5, 0.6) is 11.5 Å². The van der Waals surface area contributed by atoms with Gasteiger partial charge in [0.2, 0.25) is 0 Å². The standard InChI is InChI=1S/C58H48N4O6/c1-35(57(63)64)25-27-67-39-15-11-13-37(29-39)61-53-31-49-41-17-3-5-19-43(41)51(59-49)33-55-47-23-9-10-24-48(47)56(62(55)38-14-12-16-40(30-38)68-28-26-36(2)58(65)66)34-52-44-20-6-4-18-42(44)50(60-52)32-54(61)46-22-8-7-21-45(46)53/h3-24,29-36,59-60H,25-28H2,1-2H3,(H,63,64)(H,65,66)/i29D,30D. The van der Waals surface area contributed by atoms with Gasteiger partial charge in [0.05, 0.1) is 49.2 Å². The molecule has 0 radical (unpaired) electrons. The molecule has 336 valence electrons. The molecule has 0 saturated carbocycles. The highest BCUT2D eigenvalue weighted by Gasteiger charge is 2.19. The summed E-state index contributed by atoms with van der Waals surface area (Å²) < 4.78 is 35.9. The van der Waals surface area contributed by atoms with Gasteiger partial charge < -0.3 is 38.8 Å². The van der Waals surface area contributed by atoms with Gasteiger partial charge in [-0.3, -0.25) is 9.59 Å². The van der Waals surface area contributed by atoms with Gasteiger partial charge in [-0.05, 0) is 61.4 Å². The van der Waals surface area contributed by atoms with E-state index in [1.54, 1.807) is 26.0 Å². The topological polar surface area (TPSA) is 135 Å². The largest absolute Gasteiger partial charge is 0.493 e. The number of aromatic nitrogens is 4. The van der Waals surface area contributed by atoms with Crippen LogP contribution in [-0.4, -0.2) is 54.5 Å². The Morgan fingerprint density at radius 3 is 1.06 bits per heavy atom. The van der Waals surface area contributed by atoms with Crippen molar-refractivity contribution in [2.24, 2.45) is 11.8 Å². The lowest BCUT2D eigenvalue weighted by Gasteiger charge is -2.12. The molecule has 2 unspecified atom stereocenters. The van der Waals surface area contributed by atoms with Gasteiger partial charge in [-0.15, -0.1) is 0 Å². The fourth-order valence-electron chi connectivity index (χ4n) is 9.40. The molecular weight excluding hydrogens is 849 g/mol. The van der Waals surface area contributed by atoms with Crippen LogP contribution >= 0.6 is 0 Å². The summed E-state index contributed by atoms with van der Waals surface area (Å²) in [7, 11) is 0. The molecule has 8 bridgehead atoms. The number of nitrogens with one attached hydrogen (secondary N) is 2. The summed E-state index contributed by atoms with van der Waals surface area (Å²) in [5.74, 6) is -2.27. The zero-order chi connectivity index (χ0) is 48.2. The third-order valence-corrected chi connectivity index (χ3v) is 13.0. The zero-order valence-corrected chi connectivity index (χ0v) is 37.4. The van der Waals surface area contributed by atoms with Crippen molar-refractivity contribution in [3.05, 3.63) is 190 Å². The molecule has 10 aromatic rings. The van der Waals surface area contributed by atoms with Crippen LogP contribution in [0.3, 0.4) is 0 Å². The van der Waals surface area contributed by atoms with Crippen LogP contribution in [-0.2, 0) is 9.59 Å². The number of fused-ring (bicyclic) bond motifs is 20. The number of nitrogens with zero attached hydrogens (tertiary/aromatic N) is 2. The van der Waals surface area contributed by atoms with Crippen molar-refractivity contribution in [1.82, 2.24) is 19.1 Å². The van der Waals surface area contributed by atoms with E-state index in [1.807, 2.05) is 72.8 Å². The molecule has 4 aromatic heterocycles. The predicted octanol–water partition coefficient (Wildman–Crippen LogP) is 9.14. The molecule has 0 amide bonds. The Balaban J connectivity index is 1.24. The Morgan fingerprint density at radius 1 is 0.471 bits per heavy atom. The number of ether oxygens (including phenoxy) is 2. The Bertz CT molecular complexity index is 3580. The quantitative estimate of drug-likeness (QED) is 0.0967. The second-order valence-electron chi connectivity index (χ2n) is 17.4. The highest BCUT2D eigenvalue weighted by molar-refractivity contribution is 6.00. The number of benzene rings is 6. The predicted molar refractivity (Wildman–Crippen MR) is 270 cm³/mol. The molecule has 0 aliphatic carbocycles. The number of carboxylic acids is 2. The minimum Gasteiger partial charge on any atom is -0.493 e. The monoisotopic (exact) mass is 898 g/mol. The van der Waals surface area contributed by atoms with Crippen LogP contribution in [0.15, 0.2) is 146 Å². The number of hydrogen-bond acceptors (Lipinski definition) is 4. The van der Waals surface area contributed by atoms with Crippen molar-refractivity contribution in [3.8, 4) is 22.9 Å². The van der Waals surface area contributed by atoms with Crippen molar-refractivity contribution >= 4 is 79.3 Å². The van der Waals surface area contributed by atoms with E-state index < -0.39 is 23.8 Å². The van der Waals surface area contributed by atoms with Crippen molar-refractivity contribution in [2.45, 2.75) is 26.7 Å². The minimum absolute atomic E-state index is 0.144. The summed E-state index contributed by atoms with van der Waals surface area (Å²) in [6.07, 6.45) is 9.19. The van der Waals surface area contributed by atoms with Gasteiger partial charge in [0, 0.05) is 89.3 Å². The van der Waals surface area contributed by atoms with Crippen molar-refractivity contribution in [1.29, 1.82) is 0 Å². The van der Waals surface area contributed by atoms with Gasteiger partial charge in [0.1, 0.15) is 11.5 Å². The van der Waals surface area contributed by atoms with Gasteiger partial charge >= 0.3 is 11.9 Å². The van der Waals surface area contributed by atoms with Crippen LogP contribution in [0.4, 0.5) is 0 Å². The third-order valence-electron chi connectivity index (χ3n) is 13.0. The maximum absolute atomic E-state index is 11.6. The highest BCUT2D eigenvalue weighted by atomic mass is 16.5. The van der Waals surface area contributed by atoms with Crippen LogP contribution in [0.1, 0.15) is 52.2 Å². The Labute approximate surface area is 393 Å². The first-order chi connectivity index (χ1) is 34.0. The van der Waals surface area contributed by atoms with E-state index in [1.165, 1.54) is 0 Å². The fraction of sp³-hybridized carbons (Fsp3) is 0.138. The number of aromatic amines is 2. The molecular formula is C58H48N4O6. The van der Waals surface area contributed by atoms with Crippen LogP contribution in [0.2, 0.25) is 0 Å². The van der Waals surface area contributed by atoms with Gasteiger partial charge in [-0.25, -0.2) is 0 Å².